The van der Waals surface area contributed by atoms with Gasteiger partial charge < -0.3 is 24.8 Å². The van der Waals surface area contributed by atoms with E-state index in [1.54, 1.807) is 36.4 Å². The van der Waals surface area contributed by atoms with E-state index in [2.05, 4.69) is 10.6 Å². The molecule has 1 aliphatic rings. The average molecular weight is 390 g/mol. The number of anilines is 3. The van der Waals surface area contributed by atoms with Crippen LogP contribution < -0.4 is 20.1 Å². The molecule has 7 heteroatoms. The first-order valence-corrected chi connectivity index (χ1v) is 8.97. The number of para-hydroxylation sites is 2. The van der Waals surface area contributed by atoms with E-state index in [0.29, 0.717) is 28.4 Å². The monoisotopic (exact) mass is 390 g/mol. The minimum Gasteiger partial charge on any atom is -0.454 e. The second kappa shape index (κ2) is 8.35. The highest BCUT2D eigenvalue weighted by molar-refractivity contribution is 5.99. The van der Waals surface area contributed by atoms with E-state index < -0.39 is 18.5 Å². The van der Waals surface area contributed by atoms with Gasteiger partial charge >= 0.3 is 5.97 Å². The molecule has 146 valence electrons. The molecule has 0 atom stereocenters. The quantitative estimate of drug-likeness (QED) is 0.620. The summed E-state index contributed by atoms with van der Waals surface area (Å²) in [7, 11) is 0. The summed E-state index contributed by atoms with van der Waals surface area (Å²) in [6.45, 7) is -0.256. The molecule has 0 saturated heterocycles. The second-order valence-corrected chi connectivity index (χ2v) is 6.23. The Labute approximate surface area is 167 Å². The number of ether oxygens (including phenoxy) is 3. The van der Waals surface area contributed by atoms with Crippen LogP contribution >= 0.6 is 0 Å². The van der Waals surface area contributed by atoms with Gasteiger partial charge in [-0.15, -0.1) is 0 Å². The highest BCUT2D eigenvalue weighted by atomic mass is 16.7. The molecule has 0 radical (unpaired) electrons. The summed E-state index contributed by atoms with van der Waals surface area (Å²) in [5, 5.41) is 5.84. The third kappa shape index (κ3) is 4.47. The number of carbonyl (C=O) groups is 2. The maximum absolute atomic E-state index is 12.5. The fraction of sp³-hybridized carbons (Fsp3) is 0.0909. The molecule has 1 aliphatic heterocycles. The second-order valence-electron chi connectivity index (χ2n) is 6.23. The first-order valence-electron chi connectivity index (χ1n) is 8.97. The molecule has 3 aromatic rings. The van der Waals surface area contributed by atoms with Gasteiger partial charge in [0.2, 0.25) is 6.79 Å². The average Bonchev–Trinajstić information content (AvgIpc) is 3.21. The first-order chi connectivity index (χ1) is 14.2. The van der Waals surface area contributed by atoms with Crippen molar-refractivity contribution in [3.63, 3.8) is 0 Å². The smallest absolute Gasteiger partial charge is 0.340 e. The van der Waals surface area contributed by atoms with Crippen LogP contribution in [-0.4, -0.2) is 25.3 Å². The van der Waals surface area contributed by atoms with Crippen molar-refractivity contribution in [2.45, 2.75) is 0 Å². The summed E-state index contributed by atoms with van der Waals surface area (Å²) in [5.74, 6) is 0.133. The largest absolute Gasteiger partial charge is 0.454 e. The molecule has 0 aliphatic carbocycles. The Morgan fingerprint density at radius 2 is 1.62 bits per heavy atom. The van der Waals surface area contributed by atoms with Crippen LogP contribution in [0.2, 0.25) is 0 Å². The molecule has 1 heterocycles. The van der Waals surface area contributed by atoms with E-state index in [0.717, 1.165) is 5.69 Å². The number of hydrogen-bond donors (Lipinski definition) is 2. The SMILES string of the molecule is O=C(COC(=O)c1ccccc1Nc1ccccc1)Nc1ccc2c(c1)OCO2. The first kappa shape index (κ1) is 18.4. The number of nitrogens with one attached hydrogen (secondary N) is 2. The Morgan fingerprint density at radius 1 is 0.862 bits per heavy atom. The van der Waals surface area contributed by atoms with Crippen molar-refractivity contribution < 1.29 is 23.8 Å². The Bertz CT molecular complexity index is 1040. The van der Waals surface area contributed by atoms with Crippen molar-refractivity contribution in [1.29, 1.82) is 0 Å². The lowest BCUT2D eigenvalue weighted by atomic mass is 10.1. The zero-order valence-corrected chi connectivity index (χ0v) is 15.4. The van der Waals surface area contributed by atoms with Crippen LogP contribution in [-0.2, 0) is 9.53 Å². The van der Waals surface area contributed by atoms with Crippen molar-refractivity contribution >= 4 is 28.9 Å². The Morgan fingerprint density at radius 3 is 2.48 bits per heavy atom. The van der Waals surface area contributed by atoms with Gasteiger partial charge in [-0.25, -0.2) is 4.79 Å². The maximum atomic E-state index is 12.5. The van der Waals surface area contributed by atoms with Gasteiger partial charge in [-0.1, -0.05) is 30.3 Å². The molecule has 0 bridgehead atoms. The molecule has 4 rings (SSSR count). The molecule has 3 aromatic carbocycles. The lowest BCUT2D eigenvalue weighted by Gasteiger charge is -2.12. The number of rotatable bonds is 6. The van der Waals surface area contributed by atoms with Crippen LogP contribution in [0.4, 0.5) is 17.1 Å². The molecular weight excluding hydrogens is 372 g/mol. The zero-order valence-electron chi connectivity index (χ0n) is 15.4. The van der Waals surface area contributed by atoms with Crippen LogP contribution in [0.15, 0.2) is 72.8 Å². The standard InChI is InChI=1S/C22H18N2O5/c25-21(24-16-10-11-19-20(12-16)29-14-28-19)13-27-22(26)17-8-4-5-9-18(17)23-15-6-2-1-3-7-15/h1-12,23H,13-14H2,(H,24,25). The molecule has 2 N–H and O–H groups in total. The molecular formula is C22H18N2O5. The van der Waals surface area contributed by atoms with Gasteiger partial charge in [-0.2, -0.15) is 0 Å². The van der Waals surface area contributed by atoms with Crippen molar-refractivity contribution in [1.82, 2.24) is 0 Å². The van der Waals surface area contributed by atoms with Crippen LogP contribution in [0, 0.1) is 0 Å². The van der Waals surface area contributed by atoms with E-state index in [1.807, 2.05) is 36.4 Å². The molecule has 0 unspecified atom stereocenters. The minimum absolute atomic E-state index is 0.154. The molecule has 0 fully saturated rings. The highest BCUT2D eigenvalue weighted by Gasteiger charge is 2.16. The summed E-state index contributed by atoms with van der Waals surface area (Å²) >= 11 is 0. The van der Waals surface area contributed by atoms with Crippen molar-refractivity contribution in [3.8, 4) is 11.5 Å². The predicted molar refractivity (Wildman–Crippen MR) is 108 cm³/mol. The fourth-order valence-corrected chi connectivity index (χ4v) is 2.83. The van der Waals surface area contributed by atoms with Crippen LogP contribution in [0.5, 0.6) is 11.5 Å². The van der Waals surface area contributed by atoms with Gasteiger partial charge in [-0.05, 0) is 36.4 Å². The molecule has 29 heavy (non-hydrogen) atoms. The lowest BCUT2D eigenvalue weighted by molar-refractivity contribution is -0.119. The Hall–Kier alpha value is -4.00. The predicted octanol–water partition coefficient (Wildman–Crippen LogP) is 3.95. The number of benzene rings is 3. The third-order valence-corrected chi connectivity index (χ3v) is 4.19. The Kier molecular flexibility index (Phi) is 5.29. The van der Waals surface area contributed by atoms with Crippen LogP contribution in [0.1, 0.15) is 10.4 Å². The van der Waals surface area contributed by atoms with Crippen LogP contribution in [0.3, 0.4) is 0 Å². The van der Waals surface area contributed by atoms with Crippen molar-refractivity contribution in [2.75, 3.05) is 24.0 Å². The van der Waals surface area contributed by atoms with Gasteiger partial charge in [0, 0.05) is 17.4 Å². The topological polar surface area (TPSA) is 85.9 Å². The fourth-order valence-electron chi connectivity index (χ4n) is 2.83. The van der Waals surface area contributed by atoms with Crippen molar-refractivity contribution in [2.24, 2.45) is 0 Å². The van der Waals surface area contributed by atoms with E-state index >= 15 is 0 Å². The van der Waals surface area contributed by atoms with Crippen molar-refractivity contribution in [3.05, 3.63) is 78.4 Å². The van der Waals surface area contributed by atoms with Gasteiger partial charge in [0.15, 0.2) is 18.1 Å². The van der Waals surface area contributed by atoms with E-state index in [4.69, 9.17) is 14.2 Å². The molecule has 0 saturated carbocycles. The molecule has 0 spiro atoms. The van der Waals surface area contributed by atoms with Gasteiger partial charge in [-0.3, -0.25) is 4.79 Å². The molecule has 7 nitrogen and oxygen atoms in total. The summed E-state index contributed by atoms with van der Waals surface area (Å²) in [6, 6.07) is 21.5. The van der Waals surface area contributed by atoms with Gasteiger partial charge in [0.1, 0.15) is 0 Å². The number of fused-ring (bicyclic) bond motifs is 1. The summed E-state index contributed by atoms with van der Waals surface area (Å²) in [5.41, 5.74) is 2.31. The number of amides is 1. The number of esters is 1. The molecule has 1 amide bonds. The normalized spacial score (nSPS) is 11.6. The number of hydrogen-bond acceptors (Lipinski definition) is 6. The molecule has 0 aromatic heterocycles. The summed E-state index contributed by atoms with van der Waals surface area (Å²) in [6.07, 6.45) is 0. The van der Waals surface area contributed by atoms with Gasteiger partial charge in [0.05, 0.1) is 11.3 Å². The summed E-state index contributed by atoms with van der Waals surface area (Å²) in [4.78, 5) is 24.6. The lowest BCUT2D eigenvalue weighted by Crippen LogP contribution is -2.21. The highest BCUT2D eigenvalue weighted by Crippen LogP contribution is 2.34. The van der Waals surface area contributed by atoms with Gasteiger partial charge in [0.25, 0.3) is 5.91 Å². The Balaban J connectivity index is 1.36. The maximum Gasteiger partial charge on any atom is 0.340 e. The number of carbonyl (C=O) groups excluding carboxylic acids is 2. The zero-order chi connectivity index (χ0) is 20.1. The summed E-state index contributed by atoms with van der Waals surface area (Å²) < 4.78 is 15.7. The van der Waals surface area contributed by atoms with Crippen LogP contribution in [0.25, 0.3) is 0 Å². The third-order valence-electron chi connectivity index (χ3n) is 4.19. The van der Waals surface area contributed by atoms with E-state index in [-0.39, 0.29) is 6.79 Å². The van der Waals surface area contributed by atoms with E-state index in [1.165, 1.54) is 0 Å². The minimum atomic E-state index is -0.593. The van der Waals surface area contributed by atoms with E-state index in [9.17, 15) is 9.59 Å².